The summed E-state index contributed by atoms with van der Waals surface area (Å²) >= 11 is 5.93. The SMILES string of the molecule is COc1ccc(C=C(C#N)C(=O)c2c[nH]c3cc(Cl)ccc23)cc1F. The Kier molecular flexibility index (Phi) is 4.55. The molecule has 0 atom stereocenters. The number of ketones is 1. The van der Waals surface area contributed by atoms with Crippen LogP contribution in [-0.4, -0.2) is 17.9 Å². The summed E-state index contributed by atoms with van der Waals surface area (Å²) in [5.74, 6) is -0.925. The van der Waals surface area contributed by atoms with Crippen LogP contribution < -0.4 is 4.74 Å². The minimum absolute atomic E-state index is 0.0930. The van der Waals surface area contributed by atoms with Gasteiger partial charge in [-0.15, -0.1) is 0 Å². The van der Waals surface area contributed by atoms with Crippen LogP contribution in [0.1, 0.15) is 15.9 Å². The van der Waals surface area contributed by atoms with E-state index in [0.717, 1.165) is 0 Å². The molecule has 6 heteroatoms. The van der Waals surface area contributed by atoms with Crippen molar-refractivity contribution < 1.29 is 13.9 Å². The zero-order valence-corrected chi connectivity index (χ0v) is 13.9. The number of hydrogen-bond acceptors (Lipinski definition) is 3. The lowest BCUT2D eigenvalue weighted by molar-refractivity contribution is 0.104. The van der Waals surface area contributed by atoms with Crippen LogP contribution in [0.25, 0.3) is 17.0 Å². The number of allylic oxidation sites excluding steroid dienone is 1. The molecule has 0 saturated heterocycles. The number of nitrogens with one attached hydrogen (secondary N) is 1. The number of methoxy groups -OCH3 is 1. The second-order valence-electron chi connectivity index (χ2n) is 5.29. The number of fused-ring (bicyclic) bond motifs is 1. The molecule has 0 bridgehead atoms. The molecule has 0 fully saturated rings. The van der Waals surface area contributed by atoms with Gasteiger partial charge in [0.15, 0.2) is 11.6 Å². The first-order chi connectivity index (χ1) is 12.0. The number of carbonyl (C=O) groups is 1. The van der Waals surface area contributed by atoms with Crippen LogP contribution >= 0.6 is 11.6 Å². The summed E-state index contributed by atoms with van der Waals surface area (Å²) in [5, 5.41) is 10.6. The highest BCUT2D eigenvalue weighted by Gasteiger charge is 2.17. The molecule has 3 aromatic rings. The van der Waals surface area contributed by atoms with Crippen molar-refractivity contribution in [2.45, 2.75) is 0 Å². The molecule has 3 rings (SSSR count). The summed E-state index contributed by atoms with van der Waals surface area (Å²) in [6.07, 6.45) is 2.88. The van der Waals surface area contributed by atoms with Crippen LogP contribution in [0, 0.1) is 17.1 Å². The van der Waals surface area contributed by atoms with E-state index in [1.807, 2.05) is 6.07 Å². The minimum atomic E-state index is -0.567. The Labute approximate surface area is 148 Å². The van der Waals surface area contributed by atoms with Crippen molar-refractivity contribution in [3.8, 4) is 11.8 Å². The largest absolute Gasteiger partial charge is 0.494 e. The molecule has 0 amide bonds. The maximum Gasteiger partial charge on any atom is 0.205 e. The highest BCUT2D eigenvalue weighted by Crippen LogP contribution is 2.25. The number of ether oxygens (including phenoxy) is 1. The van der Waals surface area contributed by atoms with E-state index in [9.17, 15) is 14.4 Å². The second kappa shape index (κ2) is 6.80. The topological polar surface area (TPSA) is 65.9 Å². The van der Waals surface area contributed by atoms with E-state index in [4.69, 9.17) is 16.3 Å². The molecular formula is C19H12ClFN2O2. The van der Waals surface area contributed by atoms with Crippen molar-refractivity contribution in [1.82, 2.24) is 4.98 Å². The van der Waals surface area contributed by atoms with E-state index in [-0.39, 0.29) is 11.3 Å². The van der Waals surface area contributed by atoms with Gasteiger partial charge in [-0.1, -0.05) is 23.7 Å². The molecule has 1 N–H and O–H groups in total. The van der Waals surface area contributed by atoms with Crippen LogP contribution in [-0.2, 0) is 0 Å². The average Bonchev–Trinajstić information content (AvgIpc) is 3.02. The number of benzene rings is 2. The summed E-state index contributed by atoms with van der Waals surface area (Å²) in [7, 11) is 1.36. The number of Topliss-reactive ketones (excluding diaryl/α,β-unsaturated/α-hetero) is 1. The molecule has 0 radical (unpaired) electrons. The van der Waals surface area contributed by atoms with Crippen LogP contribution in [0.5, 0.6) is 5.75 Å². The number of nitriles is 1. The Bertz CT molecular complexity index is 1050. The first kappa shape index (κ1) is 16.7. The summed E-state index contributed by atoms with van der Waals surface area (Å²) in [6, 6.07) is 11.2. The van der Waals surface area contributed by atoms with Gasteiger partial charge in [0.2, 0.25) is 5.78 Å². The number of rotatable bonds is 4. The fourth-order valence-corrected chi connectivity index (χ4v) is 2.69. The van der Waals surface area contributed by atoms with Gasteiger partial charge < -0.3 is 9.72 Å². The zero-order valence-electron chi connectivity index (χ0n) is 13.1. The predicted octanol–water partition coefficient (Wildman–Crippen LogP) is 4.76. The maximum absolute atomic E-state index is 13.8. The lowest BCUT2D eigenvalue weighted by atomic mass is 10.0. The van der Waals surface area contributed by atoms with Gasteiger partial charge >= 0.3 is 0 Å². The van der Waals surface area contributed by atoms with Gasteiger partial charge in [-0.2, -0.15) is 5.26 Å². The molecule has 1 aromatic heterocycles. The number of halogens is 2. The van der Waals surface area contributed by atoms with Crippen molar-refractivity contribution >= 4 is 34.4 Å². The summed E-state index contributed by atoms with van der Waals surface area (Å²) in [4.78, 5) is 15.6. The third-order valence-corrected chi connectivity index (χ3v) is 3.98. The molecule has 0 aliphatic rings. The highest BCUT2D eigenvalue weighted by molar-refractivity contribution is 6.31. The summed E-state index contributed by atoms with van der Waals surface area (Å²) in [5.41, 5.74) is 1.35. The molecule has 124 valence electrons. The van der Waals surface area contributed by atoms with Gasteiger partial charge in [0.1, 0.15) is 11.6 Å². The zero-order chi connectivity index (χ0) is 18.0. The molecule has 2 aromatic carbocycles. The lowest BCUT2D eigenvalue weighted by Crippen LogP contribution is -2.01. The standard InChI is InChI=1S/C19H12ClFN2O2/c1-25-18-5-2-11(7-16(18)21)6-12(9-22)19(24)15-10-23-17-8-13(20)3-4-14(15)17/h2-8,10,23H,1H3. The van der Waals surface area contributed by atoms with Crippen molar-refractivity contribution in [2.75, 3.05) is 7.11 Å². The third kappa shape index (κ3) is 3.25. The van der Waals surface area contributed by atoms with Crippen molar-refractivity contribution in [2.24, 2.45) is 0 Å². The molecular weight excluding hydrogens is 343 g/mol. The third-order valence-electron chi connectivity index (χ3n) is 3.74. The number of aromatic nitrogens is 1. The van der Waals surface area contributed by atoms with Gasteiger partial charge in [0.25, 0.3) is 0 Å². The number of aromatic amines is 1. The Morgan fingerprint density at radius 1 is 1.32 bits per heavy atom. The first-order valence-electron chi connectivity index (χ1n) is 7.30. The molecule has 4 nitrogen and oxygen atoms in total. The molecule has 0 aliphatic carbocycles. The highest BCUT2D eigenvalue weighted by atomic mass is 35.5. The molecule has 0 aliphatic heterocycles. The molecule has 0 unspecified atom stereocenters. The smallest absolute Gasteiger partial charge is 0.205 e. The van der Waals surface area contributed by atoms with E-state index >= 15 is 0 Å². The van der Waals surface area contributed by atoms with Gasteiger partial charge in [-0.05, 0) is 35.9 Å². The minimum Gasteiger partial charge on any atom is -0.494 e. The normalized spacial score (nSPS) is 11.4. The number of nitrogens with zero attached hydrogens (tertiary/aromatic N) is 1. The Morgan fingerprint density at radius 2 is 2.12 bits per heavy atom. The average molecular weight is 355 g/mol. The molecule has 0 spiro atoms. The fourth-order valence-electron chi connectivity index (χ4n) is 2.52. The summed E-state index contributed by atoms with van der Waals surface area (Å²) in [6.45, 7) is 0. The van der Waals surface area contributed by atoms with Crippen LogP contribution in [0.4, 0.5) is 4.39 Å². The lowest BCUT2D eigenvalue weighted by Gasteiger charge is -2.03. The monoisotopic (exact) mass is 354 g/mol. The Morgan fingerprint density at radius 3 is 2.80 bits per heavy atom. The van der Waals surface area contributed by atoms with Gasteiger partial charge in [-0.3, -0.25) is 4.79 Å². The van der Waals surface area contributed by atoms with Crippen LogP contribution in [0.3, 0.4) is 0 Å². The van der Waals surface area contributed by atoms with E-state index in [0.29, 0.717) is 27.1 Å². The number of H-pyrrole nitrogens is 1. The first-order valence-corrected chi connectivity index (χ1v) is 7.68. The van der Waals surface area contributed by atoms with Gasteiger partial charge in [-0.25, -0.2) is 4.39 Å². The summed E-state index contributed by atoms with van der Waals surface area (Å²) < 4.78 is 18.6. The quantitative estimate of drug-likeness (QED) is 0.417. The van der Waals surface area contributed by atoms with Crippen LogP contribution in [0.2, 0.25) is 5.02 Å². The second-order valence-corrected chi connectivity index (χ2v) is 5.72. The molecule has 0 saturated carbocycles. The number of carbonyl (C=O) groups excluding carboxylic acids is 1. The van der Waals surface area contributed by atoms with E-state index in [1.165, 1.54) is 31.5 Å². The fraction of sp³-hybridized carbons (Fsp3) is 0.0526. The molecule has 25 heavy (non-hydrogen) atoms. The van der Waals surface area contributed by atoms with E-state index in [2.05, 4.69) is 4.98 Å². The molecule has 1 heterocycles. The van der Waals surface area contributed by atoms with Gasteiger partial charge in [0, 0.05) is 27.7 Å². The van der Waals surface area contributed by atoms with Crippen molar-refractivity contribution in [3.05, 3.63) is 70.1 Å². The maximum atomic E-state index is 13.8. The van der Waals surface area contributed by atoms with E-state index in [1.54, 1.807) is 24.3 Å². The number of hydrogen-bond donors (Lipinski definition) is 1. The van der Waals surface area contributed by atoms with Crippen molar-refractivity contribution in [1.29, 1.82) is 5.26 Å². The predicted molar refractivity (Wildman–Crippen MR) is 94.2 cm³/mol. The Hall–Kier alpha value is -3.10. The Balaban J connectivity index is 2.01. The van der Waals surface area contributed by atoms with Gasteiger partial charge in [0.05, 0.1) is 7.11 Å². The van der Waals surface area contributed by atoms with E-state index < -0.39 is 11.6 Å². The van der Waals surface area contributed by atoms with Crippen LogP contribution in [0.15, 0.2) is 48.2 Å². The van der Waals surface area contributed by atoms with Crippen molar-refractivity contribution in [3.63, 3.8) is 0 Å².